The molecule has 6 atom stereocenters. The van der Waals surface area contributed by atoms with Gasteiger partial charge in [0.2, 0.25) is 0 Å². The minimum absolute atomic E-state index is 0.0269. The molecule has 0 bridgehead atoms. The first kappa shape index (κ1) is 26.2. The van der Waals surface area contributed by atoms with Crippen LogP contribution in [0.25, 0.3) is 27.0 Å². The van der Waals surface area contributed by atoms with E-state index in [0.717, 1.165) is 27.4 Å². The molecular formula is C27H23F3N6O4S. The van der Waals surface area contributed by atoms with E-state index in [9.17, 15) is 23.4 Å². The SMILES string of the molecule is Cc1nc([C@@H]2OC3C(O)CO[C@@H]3C(n3cc(-c4cc(F)c(F)c(F)c4)cn3)C2O)n(-c2ccc3nc(C)sc3c2)n1. The van der Waals surface area contributed by atoms with Crippen LogP contribution in [0.3, 0.4) is 0 Å². The molecule has 212 valence electrons. The second-order valence-corrected chi connectivity index (χ2v) is 11.4. The van der Waals surface area contributed by atoms with Crippen LogP contribution in [0.15, 0.2) is 42.7 Å². The summed E-state index contributed by atoms with van der Waals surface area (Å²) in [4.78, 5) is 9.08. The van der Waals surface area contributed by atoms with Gasteiger partial charge in [-0.15, -0.1) is 11.3 Å². The second kappa shape index (κ2) is 9.70. The first-order chi connectivity index (χ1) is 19.7. The van der Waals surface area contributed by atoms with Gasteiger partial charge in [0.1, 0.15) is 42.4 Å². The van der Waals surface area contributed by atoms with Gasteiger partial charge >= 0.3 is 0 Å². The molecule has 2 aromatic carbocycles. The average molecular weight is 585 g/mol. The van der Waals surface area contributed by atoms with Crippen LogP contribution in [0.1, 0.15) is 28.8 Å². The lowest BCUT2D eigenvalue weighted by Gasteiger charge is -2.41. The monoisotopic (exact) mass is 584 g/mol. The summed E-state index contributed by atoms with van der Waals surface area (Å²) in [6.45, 7) is 3.62. The highest BCUT2D eigenvalue weighted by molar-refractivity contribution is 7.18. The molecule has 0 amide bonds. The lowest BCUT2D eigenvalue weighted by atomic mass is 9.91. The molecule has 0 saturated carbocycles. The average Bonchev–Trinajstić information content (AvgIpc) is 3.72. The van der Waals surface area contributed by atoms with Crippen molar-refractivity contribution in [2.45, 2.75) is 50.4 Å². The third-order valence-electron chi connectivity index (χ3n) is 7.40. The van der Waals surface area contributed by atoms with Crippen LogP contribution >= 0.6 is 11.3 Å². The van der Waals surface area contributed by atoms with E-state index < -0.39 is 54.0 Å². The maximum absolute atomic E-state index is 13.9. The zero-order chi connectivity index (χ0) is 28.6. The molecule has 2 fully saturated rings. The fourth-order valence-corrected chi connectivity index (χ4v) is 6.42. The Labute approximate surface area is 234 Å². The zero-order valence-corrected chi connectivity index (χ0v) is 22.5. The molecule has 0 radical (unpaired) electrons. The Morgan fingerprint density at radius 3 is 2.56 bits per heavy atom. The molecule has 0 spiro atoms. The maximum Gasteiger partial charge on any atom is 0.194 e. The number of halogens is 3. The molecule has 0 aliphatic carbocycles. The molecule has 4 unspecified atom stereocenters. The van der Waals surface area contributed by atoms with Crippen molar-refractivity contribution in [3.63, 3.8) is 0 Å². The lowest BCUT2D eigenvalue weighted by molar-refractivity contribution is -0.196. The minimum Gasteiger partial charge on any atom is -0.388 e. The van der Waals surface area contributed by atoms with Crippen molar-refractivity contribution in [3.8, 4) is 16.8 Å². The molecule has 2 saturated heterocycles. The molecule has 2 N–H and O–H groups in total. The fourth-order valence-electron chi connectivity index (χ4n) is 5.56. The van der Waals surface area contributed by atoms with Crippen LogP contribution in [-0.4, -0.2) is 70.8 Å². The van der Waals surface area contributed by atoms with Crippen molar-refractivity contribution in [2.75, 3.05) is 6.61 Å². The number of thiazole rings is 1. The van der Waals surface area contributed by atoms with Crippen molar-refractivity contribution < 1.29 is 32.9 Å². The van der Waals surface area contributed by atoms with E-state index in [2.05, 4.69) is 20.2 Å². The molecule has 41 heavy (non-hydrogen) atoms. The Kier molecular flexibility index (Phi) is 6.21. The Morgan fingerprint density at radius 2 is 1.78 bits per heavy atom. The number of aliphatic hydroxyl groups excluding tert-OH is 2. The molecular weight excluding hydrogens is 561 g/mol. The summed E-state index contributed by atoms with van der Waals surface area (Å²) in [7, 11) is 0. The van der Waals surface area contributed by atoms with Crippen LogP contribution in [0.2, 0.25) is 0 Å². The van der Waals surface area contributed by atoms with Crippen LogP contribution in [0.5, 0.6) is 0 Å². The van der Waals surface area contributed by atoms with Gasteiger partial charge in [-0.3, -0.25) is 4.68 Å². The number of ether oxygens (including phenoxy) is 2. The van der Waals surface area contributed by atoms with Crippen molar-refractivity contribution in [1.82, 2.24) is 29.5 Å². The fraction of sp³-hybridized carbons (Fsp3) is 0.333. The first-order valence-corrected chi connectivity index (χ1v) is 13.6. The van der Waals surface area contributed by atoms with E-state index in [-0.39, 0.29) is 12.2 Å². The normalized spacial score (nSPS) is 26.1. The largest absolute Gasteiger partial charge is 0.388 e. The van der Waals surface area contributed by atoms with E-state index in [1.165, 1.54) is 17.1 Å². The van der Waals surface area contributed by atoms with Crippen molar-refractivity contribution >= 4 is 21.6 Å². The van der Waals surface area contributed by atoms with Crippen LogP contribution in [0.4, 0.5) is 13.2 Å². The van der Waals surface area contributed by atoms with E-state index in [4.69, 9.17) is 9.47 Å². The number of fused-ring (bicyclic) bond motifs is 2. The smallest absolute Gasteiger partial charge is 0.194 e. The third-order valence-corrected chi connectivity index (χ3v) is 8.34. The van der Waals surface area contributed by atoms with Gasteiger partial charge in [-0.25, -0.2) is 27.8 Å². The Hall–Kier alpha value is -3.69. The van der Waals surface area contributed by atoms with Gasteiger partial charge in [0.05, 0.1) is 33.7 Å². The number of aromatic nitrogens is 6. The quantitative estimate of drug-likeness (QED) is 0.308. The number of aliphatic hydroxyl groups is 2. The van der Waals surface area contributed by atoms with Crippen molar-refractivity contribution in [3.05, 3.63) is 76.8 Å². The highest BCUT2D eigenvalue weighted by Gasteiger charge is 2.54. The van der Waals surface area contributed by atoms with E-state index in [1.807, 2.05) is 25.1 Å². The lowest BCUT2D eigenvalue weighted by Crippen LogP contribution is -2.52. The van der Waals surface area contributed by atoms with Crippen LogP contribution in [0, 0.1) is 31.3 Å². The second-order valence-electron chi connectivity index (χ2n) is 10.1. The molecule has 2 aliphatic rings. The molecule has 5 aromatic rings. The molecule has 10 nitrogen and oxygen atoms in total. The summed E-state index contributed by atoms with van der Waals surface area (Å²) in [5.74, 6) is -3.47. The topological polar surface area (TPSA) is 120 Å². The summed E-state index contributed by atoms with van der Waals surface area (Å²) in [6, 6.07) is 6.52. The van der Waals surface area contributed by atoms with E-state index in [0.29, 0.717) is 22.9 Å². The number of benzene rings is 2. The van der Waals surface area contributed by atoms with Crippen LogP contribution in [-0.2, 0) is 9.47 Å². The van der Waals surface area contributed by atoms with Gasteiger partial charge in [-0.1, -0.05) is 0 Å². The third kappa shape index (κ3) is 4.33. The zero-order valence-electron chi connectivity index (χ0n) is 21.6. The molecule has 7 rings (SSSR count). The maximum atomic E-state index is 13.9. The summed E-state index contributed by atoms with van der Waals surface area (Å²) in [6.07, 6.45) is -2.12. The Morgan fingerprint density at radius 1 is 1.00 bits per heavy atom. The van der Waals surface area contributed by atoms with Crippen molar-refractivity contribution in [1.29, 1.82) is 0 Å². The number of aryl methyl sites for hydroxylation is 2. The molecule has 3 aromatic heterocycles. The highest BCUT2D eigenvalue weighted by atomic mass is 32.1. The number of hydrogen-bond acceptors (Lipinski definition) is 9. The number of hydrogen-bond donors (Lipinski definition) is 2. The summed E-state index contributed by atoms with van der Waals surface area (Å²) in [5.41, 5.74) is 1.91. The van der Waals surface area contributed by atoms with E-state index >= 15 is 0 Å². The molecule has 5 heterocycles. The Balaban J connectivity index is 1.28. The van der Waals surface area contributed by atoms with Gasteiger partial charge in [-0.2, -0.15) is 10.2 Å². The summed E-state index contributed by atoms with van der Waals surface area (Å²) >= 11 is 1.54. The first-order valence-electron chi connectivity index (χ1n) is 12.8. The predicted molar refractivity (Wildman–Crippen MR) is 140 cm³/mol. The Bertz CT molecular complexity index is 1770. The van der Waals surface area contributed by atoms with Gasteiger partial charge in [0.25, 0.3) is 0 Å². The summed E-state index contributed by atoms with van der Waals surface area (Å²) < 4.78 is 57.4. The summed E-state index contributed by atoms with van der Waals surface area (Å²) in [5, 5.41) is 32.2. The molecule has 14 heteroatoms. The van der Waals surface area contributed by atoms with Crippen molar-refractivity contribution in [2.24, 2.45) is 0 Å². The predicted octanol–water partition coefficient (Wildman–Crippen LogP) is 3.58. The van der Waals surface area contributed by atoms with Crippen LogP contribution < -0.4 is 0 Å². The standard InChI is InChI=1S/C27H23F3N6O4S/c1-11-32-27(36(34-11)15-3-4-18-20(7-15)41-12(2)33-18)26-23(38)22(25-24(40-26)19(37)10-39-25)35-9-14(8-31-35)13-5-16(28)21(30)17(29)6-13/h3-9,19,22-26,37-38H,10H2,1-2H3/t19?,22?,23?,24?,25-,26-/m1/s1. The number of rotatable bonds is 4. The van der Waals surface area contributed by atoms with Gasteiger partial charge in [0.15, 0.2) is 23.3 Å². The van der Waals surface area contributed by atoms with E-state index in [1.54, 1.807) is 22.9 Å². The highest BCUT2D eigenvalue weighted by Crippen LogP contribution is 2.43. The van der Waals surface area contributed by atoms with Gasteiger partial charge in [-0.05, 0) is 49.7 Å². The molecule has 2 aliphatic heterocycles. The number of nitrogens with zero attached hydrogens (tertiary/aromatic N) is 6. The van der Waals surface area contributed by atoms with Gasteiger partial charge < -0.3 is 19.7 Å². The minimum atomic E-state index is -1.57. The van der Waals surface area contributed by atoms with Gasteiger partial charge in [0, 0.05) is 11.8 Å².